The van der Waals surface area contributed by atoms with E-state index in [4.69, 9.17) is 0 Å². The number of ether oxygens (including phenoxy) is 1. The van der Waals surface area contributed by atoms with Gasteiger partial charge in [-0.05, 0) is 12.5 Å². The Hall–Kier alpha value is -2.25. The van der Waals surface area contributed by atoms with Gasteiger partial charge in [0.15, 0.2) is 0 Å². The van der Waals surface area contributed by atoms with Gasteiger partial charge in [0.25, 0.3) is 0 Å². The number of benzene rings is 1. The molecule has 134 valence electrons. The van der Waals surface area contributed by atoms with Gasteiger partial charge in [0.05, 0.1) is 6.42 Å². The van der Waals surface area contributed by atoms with Crippen LogP contribution in [0.4, 0.5) is 26.3 Å². The van der Waals surface area contributed by atoms with E-state index in [2.05, 4.69) is 17.9 Å². The number of carbonyl (C=O) groups excluding carboxylic acids is 1. The van der Waals surface area contributed by atoms with Crippen molar-refractivity contribution in [2.45, 2.75) is 31.8 Å². The molecule has 0 radical (unpaired) electrons. The summed E-state index contributed by atoms with van der Waals surface area (Å²) in [6, 6.07) is 10.0. The fourth-order valence-corrected chi connectivity index (χ4v) is 1.19. The topological polar surface area (TPSA) is 26.3 Å². The van der Waals surface area contributed by atoms with Crippen molar-refractivity contribution in [3.05, 3.63) is 54.6 Å². The van der Waals surface area contributed by atoms with E-state index < -0.39 is 36.4 Å². The van der Waals surface area contributed by atoms with Crippen LogP contribution < -0.4 is 0 Å². The van der Waals surface area contributed by atoms with Gasteiger partial charge in [0.1, 0.15) is 0 Å². The molecule has 0 aliphatic carbocycles. The van der Waals surface area contributed by atoms with Crippen LogP contribution >= 0.6 is 0 Å². The Morgan fingerprint density at radius 3 is 2.04 bits per heavy atom. The van der Waals surface area contributed by atoms with Crippen LogP contribution in [0.5, 0.6) is 0 Å². The maximum Gasteiger partial charge on any atom is 0.432 e. The molecule has 1 unspecified atom stereocenters. The van der Waals surface area contributed by atoms with Gasteiger partial charge in [-0.15, -0.1) is 0 Å². The standard InChI is InChI=1S/C8H8F6O2.C8H8/c1-4(2)6(15)16-8(13,14)5(9)3-7(10,11)12;1-2-8-6-4-3-5-7-8/h5H,1,3H2,2H3;2-7H,1H2. The van der Waals surface area contributed by atoms with Crippen LogP contribution in [0.1, 0.15) is 18.9 Å². The Morgan fingerprint density at radius 2 is 1.71 bits per heavy atom. The van der Waals surface area contributed by atoms with Gasteiger partial charge >= 0.3 is 18.3 Å². The van der Waals surface area contributed by atoms with Crippen LogP contribution in [0.3, 0.4) is 0 Å². The van der Waals surface area contributed by atoms with E-state index in [-0.39, 0.29) is 0 Å². The summed E-state index contributed by atoms with van der Waals surface area (Å²) in [6.45, 7) is 7.55. The summed E-state index contributed by atoms with van der Waals surface area (Å²) in [5, 5.41) is 0. The number of carbonyl (C=O) groups is 1. The van der Waals surface area contributed by atoms with Crippen molar-refractivity contribution in [2.24, 2.45) is 0 Å². The second kappa shape index (κ2) is 9.14. The van der Waals surface area contributed by atoms with Crippen LogP contribution in [-0.4, -0.2) is 24.4 Å². The summed E-state index contributed by atoms with van der Waals surface area (Å²) < 4.78 is 75.8. The lowest BCUT2D eigenvalue weighted by atomic mass is 10.2. The van der Waals surface area contributed by atoms with Crippen molar-refractivity contribution in [3.63, 3.8) is 0 Å². The Bertz CT molecular complexity index is 551. The molecule has 0 aromatic heterocycles. The van der Waals surface area contributed by atoms with Crippen LogP contribution in [0.15, 0.2) is 49.1 Å². The van der Waals surface area contributed by atoms with E-state index in [1.165, 1.54) is 5.56 Å². The molecule has 0 saturated heterocycles. The third-order valence-electron chi connectivity index (χ3n) is 2.39. The second-order valence-corrected chi connectivity index (χ2v) is 4.63. The highest BCUT2D eigenvalue weighted by atomic mass is 19.4. The summed E-state index contributed by atoms with van der Waals surface area (Å²) in [4.78, 5) is 10.6. The van der Waals surface area contributed by atoms with E-state index in [1.807, 2.05) is 36.4 Å². The maximum atomic E-state index is 12.6. The molecule has 24 heavy (non-hydrogen) atoms. The summed E-state index contributed by atoms with van der Waals surface area (Å²) in [7, 11) is 0. The molecule has 0 aliphatic rings. The molecule has 0 amide bonds. The number of esters is 1. The van der Waals surface area contributed by atoms with Crippen molar-refractivity contribution < 1.29 is 35.9 Å². The molecule has 0 fully saturated rings. The van der Waals surface area contributed by atoms with Crippen LogP contribution in [0.2, 0.25) is 0 Å². The summed E-state index contributed by atoms with van der Waals surface area (Å²) in [5.41, 5.74) is 0.700. The van der Waals surface area contributed by atoms with Crippen molar-refractivity contribution >= 4 is 12.0 Å². The third-order valence-corrected chi connectivity index (χ3v) is 2.39. The van der Waals surface area contributed by atoms with Crippen LogP contribution in [0, 0.1) is 0 Å². The lowest BCUT2D eigenvalue weighted by Gasteiger charge is -2.21. The lowest BCUT2D eigenvalue weighted by molar-refractivity contribution is -0.275. The molecule has 2 nitrogen and oxygen atoms in total. The predicted molar refractivity (Wildman–Crippen MR) is 78.0 cm³/mol. The molecule has 1 rings (SSSR count). The Labute approximate surface area is 135 Å². The molecule has 0 aliphatic heterocycles. The van der Waals surface area contributed by atoms with Gasteiger partial charge < -0.3 is 4.74 Å². The number of alkyl halides is 6. The quantitative estimate of drug-likeness (QED) is 0.406. The lowest BCUT2D eigenvalue weighted by Crippen LogP contribution is -2.38. The minimum Gasteiger partial charge on any atom is -0.395 e. The summed E-state index contributed by atoms with van der Waals surface area (Å²) in [5.74, 6) is -1.66. The van der Waals surface area contributed by atoms with Gasteiger partial charge in [0, 0.05) is 5.57 Å². The first kappa shape index (κ1) is 21.8. The highest BCUT2D eigenvalue weighted by Gasteiger charge is 2.50. The molecule has 0 saturated carbocycles. The molecule has 1 atom stereocenters. The van der Waals surface area contributed by atoms with Crippen molar-refractivity contribution in [1.82, 2.24) is 0 Å². The van der Waals surface area contributed by atoms with E-state index in [1.54, 1.807) is 0 Å². The molecule has 8 heteroatoms. The van der Waals surface area contributed by atoms with Gasteiger partial charge in [-0.2, -0.15) is 22.0 Å². The fourth-order valence-electron chi connectivity index (χ4n) is 1.19. The zero-order valence-corrected chi connectivity index (χ0v) is 12.7. The zero-order chi connectivity index (χ0) is 19.0. The number of hydrogen-bond donors (Lipinski definition) is 0. The smallest absolute Gasteiger partial charge is 0.395 e. The highest BCUT2D eigenvalue weighted by molar-refractivity contribution is 5.87. The molecule has 1 aromatic carbocycles. The molecular formula is C16H16F6O2. The average molecular weight is 354 g/mol. The highest BCUT2D eigenvalue weighted by Crippen LogP contribution is 2.33. The fraction of sp³-hybridized carbons (Fsp3) is 0.312. The van der Waals surface area contributed by atoms with Crippen LogP contribution in [0.25, 0.3) is 6.08 Å². The van der Waals surface area contributed by atoms with Crippen molar-refractivity contribution in [2.75, 3.05) is 0 Å². The molecule has 1 aromatic rings. The predicted octanol–water partition coefficient (Wildman–Crippen LogP) is 5.32. The first-order valence-corrected chi connectivity index (χ1v) is 6.54. The van der Waals surface area contributed by atoms with Gasteiger partial charge in [0.2, 0.25) is 6.17 Å². The number of halogens is 6. The number of rotatable bonds is 5. The van der Waals surface area contributed by atoms with Crippen LogP contribution in [-0.2, 0) is 9.53 Å². The third kappa shape index (κ3) is 9.02. The minimum atomic E-state index is -5.11. The SMILES string of the molecule is C=C(C)C(=O)OC(F)(F)C(F)CC(F)(F)F.C=Cc1ccccc1. The molecule has 0 heterocycles. The monoisotopic (exact) mass is 354 g/mol. The molecule has 0 spiro atoms. The largest absolute Gasteiger partial charge is 0.432 e. The zero-order valence-electron chi connectivity index (χ0n) is 12.7. The second-order valence-electron chi connectivity index (χ2n) is 4.63. The van der Waals surface area contributed by atoms with E-state index in [9.17, 15) is 31.1 Å². The van der Waals surface area contributed by atoms with E-state index in [0.29, 0.717) is 0 Å². The van der Waals surface area contributed by atoms with E-state index >= 15 is 0 Å². The normalized spacial score (nSPS) is 12.5. The number of hydrogen-bond acceptors (Lipinski definition) is 2. The Morgan fingerprint density at radius 1 is 1.21 bits per heavy atom. The summed E-state index contributed by atoms with van der Waals surface area (Å²) >= 11 is 0. The summed E-state index contributed by atoms with van der Waals surface area (Å²) in [6.07, 6.45) is -14.1. The van der Waals surface area contributed by atoms with E-state index in [0.717, 1.165) is 6.92 Å². The molecule has 0 N–H and O–H groups in total. The van der Waals surface area contributed by atoms with Crippen molar-refractivity contribution in [1.29, 1.82) is 0 Å². The first-order valence-electron chi connectivity index (χ1n) is 6.54. The average Bonchev–Trinajstić information content (AvgIpc) is 2.46. The maximum absolute atomic E-state index is 12.6. The minimum absolute atomic E-state index is 0.473. The first-order chi connectivity index (χ1) is 10.9. The Balaban J connectivity index is 0.000000546. The molecular weight excluding hydrogens is 338 g/mol. The Kier molecular flexibility index (Phi) is 8.29. The van der Waals surface area contributed by atoms with Gasteiger partial charge in [-0.1, -0.05) is 49.6 Å². The van der Waals surface area contributed by atoms with Crippen molar-refractivity contribution in [3.8, 4) is 0 Å². The molecule has 0 bridgehead atoms. The van der Waals surface area contributed by atoms with Gasteiger partial charge in [-0.25, -0.2) is 9.18 Å². The van der Waals surface area contributed by atoms with Gasteiger partial charge in [-0.3, -0.25) is 0 Å².